The molecule has 10 nitrogen and oxygen atoms in total. The van der Waals surface area contributed by atoms with Crippen molar-refractivity contribution in [2.24, 2.45) is 0 Å². The minimum Gasteiger partial charge on any atom is -0.444 e. The van der Waals surface area contributed by atoms with Gasteiger partial charge in [0.05, 0.1) is 44.5 Å². The number of carbonyl (C=O) groups is 2. The quantitative estimate of drug-likeness (QED) is 0.562. The van der Waals surface area contributed by atoms with Gasteiger partial charge in [-0.05, 0) is 41.5 Å². The number of nitrogens with zero attached hydrogens (tertiary/aromatic N) is 2. The number of methoxy groups -OCH3 is 1. The van der Waals surface area contributed by atoms with E-state index < -0.39 is 41.7 Å². The molecule has 2 rings (SSSR count). The molecule has 170 valence electrons. The van der Waals surface area contributed by atoms with Crippen LogP contribution in [0.5, 0.6) is 0 Å². The minimum absolute atomic E-state index is 0.135. The summed E-state index contributed by atoms with van der Waals surface area (Å²) in [5.41, 5.74) is -1.05. The van der Waals surface area contributed by atoms with E-state index in [0.29, 0.717) is 6.54 Å². The highest BCUT2D eigenvalue weighted by molar-refractivity contribution is 5.69. The molecule has 0 aromatic heterocycles. The predicted octanol–water partition coefficient (Wildman–Crippen LogP) is 0.572. The minimum atomic E-state index is -0.859. The second kappa shape index (κ2) is 9.92. The van der Waals surface area contributed by atoms with E-state index in [1.165, 1.54) is 16.9 Å². The number of hydrogen-bond donors (Lipinski definition) is 3. The monoisotopic (exact) mass is 420 g/mol. The van der Waals surface area contributed by atoms with E-state index in [2.05, 4.69) is 0 Å². The number of aliphatic hydroxyl groups excluding tert-OH is 3. The molecule has 0 spiro atoms. The Morgan fingerprint density at radius 3 is 1.38 bits per heavy atom. The average molecular weight is 421 g/mol. The van der Waals surface area contributed by atoms with Crippen molar-refractivity contribution in [1.82, 2.24) is 9.80 Å². The van der Waals surface area contributed by atoms with Gasteiger partial charge >= 0.3 is 12.2 Å². The molecule has 29 heavy (non-hydrogen) atoms. The third-order valence-corrected chi connectivity index (χ3v) is 4.10. The molecule has 0 bridgehead atoms. The molecule has 2 aliphatic heterocycles. The fourth-order valence-electron chi connectivity index (χ4n) is 2.71. The Labute approximate surface area is 172 Å². The molecule has 3 N–H and O–H groups in total. The van der Waals surface area contributed by atoms with Gasteiger partial charge in [-0.25, -0.2) is 9.59 Å². The van der Waals surface area contributed by atoms with Crippen LogP contribution in [0.4, 0.5) is 9.59 Å². The molecule has 2 amide bonds. The lowest BCUT2D eigenvalue weighted by atomic mass is 10.2. The number of rotatable bonds is 1. The molecule has 0 radical (unpaired) electrons. The van der Waals surface area contributed by atoms with E-state index >= 15 is 0 Å². The third-order valence-electron chi connectivity index (χ3n) is 4.10. The Hall–Kier alpha value is -1.62. The van der Waals surface area contributed by atoms with Gasteiger partial charge in [0.15, 0.2) is 0 Å². The number of amides is 2. The number of ether oxygens (including phenoxy) is 3. The fourth-order valence-corrected chi connectivity index (χ4v) is 2.71. The van der Waals surface area contributed by atoms with Crippen LogP contribution in [0, 0.1) is 0 Å². The highest BCUT2D eigenvalue weighted by atomic mass is 16.6. The van der Waals surface area contributed by atoms with Gasteiger partial charge in [0.2, 0.25) is 0 Å². The lowest BCUT2D eigenvalue weighted by Gasteiger charge is -2.24. The van der Waals surface area contributed by atoms with Crippen LogP contribution < -0.4 is 0 Å². The largest absolute Gasteiger partial charge is 0.444 e. The standard InChI is InChI=1S/C10H19NO4.C9H17NO4/c1-10(2,3)15-9(13)11-5-7(12)8(6-11)14-4;1-9(2,3)14-8(13)10-4-6(11)7(12)5-10/h7-8,12H,5-6H2,1-4H3;6-7,11-12H,4-5H2,1-3H3/t7-,8-;6-,7-/m11/s1. The van der Waals surface area contributed by atoms with Crippen LogP contribution in [0.1, 0.15) is 41.5 Å². The van der Waals surface area contributed by atoms with Crippen molar-refractivity contribution < 1.29 is 39.1 Å². The van der Waals surface area contributed by atoms with E-state index in [0.717, 1.165) is 0 Å². The maximum absolute atomic E-state index is 11.6. The molecule has 0 aromatic rings. The van der Waals surface area contributed by atoms with Crippen LogP contribution in [-0.4, -0.2) is 106 Å². The topological polar surface area (TPSA) is 129 Å². The van der Waals surface area contributed by atoms with Crippen molar-refractivity contribution in [2.75, 3.05) is 33.3 Å². The predicted molar refractivity (Wildman–Crippen MR) is 104 cm³/mol. The van der Waals surface area contributed by atoms with Crippen LogP contribution in [0.25, 0.3) is 0 Å². The van der Waals surface area contributed by atoms with Crippen LogP contribution in [0.3, 0.4) is 0 Å². The van der Waals surface area contributed by atoms with Gasteiger partial charge in [-0.3, -0.25) is 0 Å². The Morgan fingerprint density at radius 2 is 1.07 bits per heavy atom. The summed E-state index contributed by atoms with van der Waals surface area (Å²) in [5, 5.41) is 28.0. The second-order valence-electron chi connectivity index (χ2n) is 9.25. The van der Waals surface area contributed by atoms with E-state index in [9.17, 15) is 24.9 Å². The van der Waals surface area contributed by atoms with Crippen molar-refractivity contribution in [1.29, 1.82) is 0 Å². The maximum Gasteiger partial charge on any atom is 0.410 e. The molecule has 0 unspecified atom stereocenters. The molecule has 10 heteroatoms. The van der Waals surface area contributed by atoms with E-state index in [4.69, 9.17) is 14.2 Å². The SMILES string of the molecule is CC(C)(C)OC(=O)N1C[C@@H](O)[C@H](O)C1.CO[C@@H]1CN(C(=O)OC(C)(C)C)C[C@H]1O. The molecule has 2 aliphatic rings. The molecular formula is C19H36N2O8. The Morgan fingerprint density at radius 1 is 0.724 bits per heavy atom. The molecule has 2 saturated heterocycles. The van der Waals surface area contributed by atoms with Gasteiger partial charge in [-0.2, -0.15) is 0 Å². The number of carbonyl (C=O) groups excluding carboxylic acids is 2. The lowest BCUT2D eigenvalue weighted by Crippen LogP contribution is -2.36. The molecule has 0 aromatic carbocycles. The van der Waals surface area contributed by atoms with Gasteiger partial charge in [0, 0.05) is 7.11 Å². The second-order valence-corrected chi connectivity index (χ2v) is 9.25. The molecule has 0 aliphatic carbocycles. The smallest absolute Gasteiger partial charge is 0.410 e. The number of β-amino-alcohol motifs (C(OH)–C–C–N with tert-alkyl or cyclic N) is 3. The first-order chi connectivity index (χ1) is 13.1. The summed E-state index contributed by atoms with van der Waals surface area (Å²) >= 11 is 0. The van der Waals surface area contributed by atoms with Crippen molar-refractivity contribution in [3.8, 4) is 0 Å². The van der Waals surface area contributed by atoms with Gasteiger partial charge in [0.25, 0.3) is 0 Å². The maximum atomic E-state index is 11.6. The molecule has 4 atom stereocenters. The summed E-state index contributed by atoms with van der Waals surface area (Å²) in [7, 11) is 1.52. The summed E-state index contributed by atoms with van der Waals surface area (Å²) in [5.74, 6) is 0. The van der Waals surface area contributed by atoms with Crippen LogP contribution in [-0.2, 0) is 14.2 Å². The normalized spacial score (nSPS) is 27.4. The van der Waals surface area contributed by atoms with Gasteiger partial charge in [-0.1, -0.05) is 0 Å². The number of likely N-dealkylation sites (tertiary alicyclic amines) is 2. The Balaban J connectivity index is 0.000000291. The van der Waals surface area contributed by atoms with Crippen molar-refractivity contribution in [2.45, 2.75) is 77.2 Å². The summed E-state index contributed by atoms with van der Waals surface area (Å²) in [6, 6.07) is 0. The molecule has 2 fully saturated rings. The average Bonchev–Trinajstić information content (AvgIpc) is 3.08. The van der Waals surface area contributed by atoms with Crippen LogP contribution in [0.2, 0.25) is 0 Å². The summed E-state index contributed by atoms with van der Waals surface area (Å²) in [6.45, 7) is 11.7. The van der Waals surface area contributed by atoms with Crippen LogP contribution >= 0.6 is 0 Å². The number of aliphatic hydroxyl groups is 3. The van der Waals surface area contributed by atoms with Crippen molar-refractivity contribution in [3.63, 3.8) is 0 Å². The summed E-state index contributed by atoms with van der Waals surface area (Å²) < 4.78 is 15.3. The zero-order valence-corrected chi connectivity index (χ0v) is 18.4. The highest BCUT2D eigenvalue weighted by Crippen LogP contribution is 2.17. The Kier molecular flexibility index (Phi) is 8.70. The first-order valence-corrected chi connectivity index (χ1v) is 9.66. The van der Waals surface area contributed by atoms with E-state index in [1.807, 2.05) is 20.8 Å². The number of hydrogen-bond acceptors (Lipinski definition) is 8. The van der Waals surface area contributed by atoms with E-state index in [-0.39, 0.29) is 25.7 Å². The zero-order chi connectivity index (χ0) is 22.6. The Bertz CT molecular complexity index is 547. The third kappa shape index (κ3) is 8.73. The zero-order valence-electron chi connectivity index (χ0n) is 18.4. The first-order valence-electron chi connectivity index (χ1n) is 9.66. The van der Waals surface area contributed by atoms with Crippen molar-refractivity contribution in [3.05, 3.63) is 0 Å². The fraction of sp³-hybridized carbons (Fsp3) is 0.895. The van der Waals surface area contributed by atoms with Crippen LogP contribution in [0.15, 0.2) is 0 Å². The van der Waals surface area contributed by atoms with Gasteiger partial charge in [0.1, 0.15) is 17.3 Å². The molecule has 0 saturated carbocycles. The van der Waals surface area contributed by atoms with Gasteiger partial charge < -0.3 is 39.3 Å². The molecule has 2 heterocycles. The van der Waals surface area contributed by atoms with Gasteiger partial charge in [-0.15, -0.1) is 0 Å². The first kappa shape index (κ1) is 25.4. The molecular weight excluding hydrogens is 384 g/mol. The highest BCUT2D eigenvalue weighted by Gasteiger charge is 2.36. The summed E-state index contributed by atoms with van der Waals surface area (Å²) in [4.78, 5) is 25.8. The lowest BCUT2D eigenvalue weighted by molar-refractivity contribution is 0.0199. The van der Waals surface area contributed by atoms with Crippen molar-refractivity contribution >= 4 is 12.2 Å². The summed E-state index contributed by atoms with van der Waals surface area (Å²) in [6.07, 6.45) is -3.54. The van der Waals surface area contributed by atoms with E-state index in [1.54, 1.807) is 20.8 Å².